The van der Waals surface area contributed by atoms with Crippen molar-refractivity contribution in [1.82, 2.24) is 4.83 Å². The summed E-state index contributed by atoms with van der Waals surface area (Å²) < 4.78 is 27.7. The van der Waals surface area contributed by atoms with Gasteiger partial charge in [-0.1, -0.05) is 49.3 Å². The average molecular weight is 545 g/mol. The van der Waals surface area contributed by atoms with Crippen LogP contribution in [-0.2, 0) is 25.4 Å². The molecule has 0 fully saturated rings. The molecule has 1 aromatic heterocycles. The molecule has 0 aliphatic heterocycles. The molecule has 1 N–H and O–H groups in total. The van der Waals surface area contributed by atoms with Gasteiger partial charge in [-0.25, -0.2) is 0 Å². The summed E-state index contributed by atoms with van der Waals surface area (Å²) in [6.45, 7) is 9.97. The van der Waals surface area contributed by atoms with E-state index in [0.717, 1.165) is 33.5 Å². The van der Waals surface area contributed by atoms with Crippen LogP contribution in [0.4, 0.5) is 0 Å². The van der Waals surface area contributed by atoms with Crippen LogP contribution < -0.4 is 4.84 Å². The number of carbonyl (C=O) groups is 2. The van der Waals surface area contributed by atoms with E-state index in [1.54, 1.807) is 26.0 Å². The monoisotopic (exact) mass is 544 g/mol. The zero-order valence-corrected chi connectivity index (χ0v) is 23.4. The van der Waals surface area contributed by atoms with Crippen LogP contribution in [0.15, 0.2) is 57.7 Å². The lowest BCUT2D eigenvalue weighted by molar-refractivity contribution is -0.153. The molecule has 204 valence electrons. The molecule has 0 radical (unpaired) electrons. The second-order valence-electron chi connectivity index (χ2n) is 9.07. The van der Waals surface area contributed by atoms with Crippen LogP contribution in [0.1, 0.15) is 74.9 Å². The maximum Gasteiger partial charge on any atom is 0.457 e. The largest absolute Gasteiger partial charge is 0.480 e. The fraction of sp³-hybridized carbons (Fsp3) is 0.429. The number of ketones is 1. The summed E-state index contributed by atoms with van der Waals surface area (Å²) in [6.07, 6.45) is 4.58. The number of nitrogens with zero attached hydrogens (tertiary/aromatic N) is 1. The molecule has 3 rings (SSSR count). The van der Waals surface area contributed by atoms with E-state index in [9.17, 15) is 19.3 Å². The molecule has 1 aliphatic rings. The van der Waals surface area contributed by atoms with Gasteiger partial charge in [-0.05, 0) is 44.2 Å². The minimum atomic E-state index is -1.01. The number of hydrogen-bond donors (Lipinski definition) is 1. The van der Waals surface area contributed by atoms with Gasteiger partial charge in [0.1, 0.15) is 5.56 Å². The fourth-order valence-corrected chi connectivity index (χ4v) is 4.81. The number of ether oxygens (including phenoxy) is 2. The first-order chi connectivity index (χ1) is 18.2. The Labute approximate surface area is 224 Å². The topological polar surface area (TPSA) is 116 Å². The number of Topliss-reactive ketones (excluding diaryl/α,β-unsaturated/α-hetero) is 1. The smallest absolute Gasteiger partial charge is 0.457 e. The second kappa shape index (κ2) is 13.5. The first kappa shape index (κ1) is 29.3. The molecule has 0 saturated heterocycles. The average Bonchev–Trinajstić information content (AvgIpc) is 3.30. The number of benzene rings is 1. The zero-order valence-electron chi connectivity index (χ0n) is 22.4. The quantitative estimate of drug-likeness (QED) is 0.140. The third-order valence-electron chi connectivity index (χ3n) is 6.54. The van der Waals surface area contributed by atoms with Crippen LogP contribution in [0, 0.1) is 0 Å². The first-order valence-corrected chi connectivity index (χ1v) is 13.5. The number of hydrogen-bond acceptors (Lipinski definition) is 8. The Kier molecular flexibility index (Phi) is 10.4. The van der Waals surface area contributed by atoms with Gasteiger partial charge >= 0.3 is 14.6 Å². The molecule has 3 atom stereocenters. The summed E-state index contributed by atoms with van der Waals surface area (Å²) >= 11 is 0. The van der Waals surface area contributed by atoms with Gasteiger partial charge in [0.25, 0.3) is 5.95 Å². The van der Waals surface area contributed by atoms with Crippen LogP contribution in [0.3, 0.4) is 0 Å². The molecular weight excluding hydrogens is 509 g/mol. The predicted octanol–water partition coefficient (Wildman–Crippen LogP) is 6.03. The molecule has 38 heavy (non-hydrogen) atoms. The van der Waals surface area contributed by atoms with Crippen molar-refractivity contribution in [3.05, 3.63) is 70.0 Å². The normalized spacial score (nSPS) is 16.6. The Hall–Kier alpha value is -3.26. The van der Waals surface area contributed by atoms with Crippen LogP contribution in [0.5, 0.6) is 11.7 Å². The third kappa shape index (κ3) is 6.59. The first-order valence-electron chi connectivity index (χ1n) is 12.6. The number of fused-ring (bicyclic) bond motifs is 1. The van der Waals surface area contributed by atoms with Crippen molar-refractivity contribution in [2.45, 2.75) is 66.0 Å². The van der Waals surface area contributed by atoms with Gasteiger partial charge in [-0.2, -0.15) is 0 Å². The van der Waals surface area contributed by atoms with Gasteiger partial charge in [0.15, 0.2) is 17.6 Å². The summed E-state index contributed by atoms with van der Waals surface area (Å²) in [5, 5.41) is 10.0. The van der Waals surface area contributed by atoms with Gasteiger partial charge in [0, 0.05) is 22.6 Å². The van der Waals surface area contributed by atoms with E-state index in [1.165, 1.54) is 6.26 Å². The van der Waals surface area contributed by atoms with E-state index >= 15 is 0 Å². The Balaban J connectivity index is 1.63. The van der Waals surface area contributed by atoms with Crippen LogP contribution in [-0.4, -0.2) is 40.9 Å². The highest BCUT2D eigenvalue weighted by Gasteiger charge is 2.34. The lowest BCUT2D eigenvalue weighted by atomic mass is 9.78. The Morgan fingerprint density at radius 2 is 2.03 bits per heavy atom. The standard InChI is InChI=1S/C28H34NO8P/c1-6-21-18(4)23-16-36-28(32)25(23)26(30)22(21)13-12-17(3)14-34-15-20-10-8-9-11-24(20)37-29(38-33)19(5)27(31)35-7-2/h8-12,16,18-19,32H,6-7,13-15H2,1-5H3/p+1. The number of rotatable bonds is 13. The molecular formula is C28H35NO8P+. The Morgan fingerprint density at radius 1 is 1.29 bits per heavy atom. The van der Waals surface area contributed by atoms with Crippen LogP contribution in [0.2, 0.25) is 0 Å². The van der Waals surface area contributed by atoms with Crippen LogP contribution in [0.25, 0.3) is 0 Å². The summed E-state index contributed by atoms with van der Waals surface area (Å²) in [7, 11) is -1.01. The summed E-state index contributed by atoms with van der Waals surface area (Å²) in [5.41, 5.74) is 4.36. The van der Waals surface area contributed by atoms with Crippen molar-refractivity contribution >= 4 is 20.4 Å². The molecule has 1 aromatic carbocycles. The van der Waals surface area contributed by atoms with Crippen molar-refractivity contribution < 1.29 is 38.0 Å². The number of esters is 1. The third-order valence-corrected chi connectivity index (χ3v) is 7.20. The molecule has 0 amide bonds. The number of allylic oxidation sites excluding steroid dienone is 3. The highest BCUT2D eigenvalue weighted by atomic mass is 31.1. The molecule has 3 unspecified atom stereocenters. The predicted molar refractivity (Wildman–Crippen MR) is 142 cm³/mol. The SMILES string of the molecule is CCOC(=O)C(C)N(Oc1ccccc1COCC(C)=CCC1=C(CC)C(C)c2coc(O)c2C1=O)[PH+]=O. The molecule has 9 nitrogen and oxygen atoms in total. The van der Waals surface area contributed by atoms with Gasteiger partial charge in [0.05, 0.1) is 30.9 Å². The maximum atomic E-state index is 13.1. The van der Waals surface area contributed by atoms with Crippen molar-refractivity contribution in [3.8, 4) is 11.7 Å². The lowest BCUT2D eigenvalue weighted by Crippen LogP contribution is -2.36. The van der Waals surface area contributed by atoms with E-state index in [4.69, 9.17) is 18.7 Å². The lowest BCUT2D eigenvalue weighted by Gasteiger charge is -2.24. The number of carbonyl (C=O) groups excluding carboxylic acids is 2. The number of para-hydroxylation sites is 1. The summed E-state index contributed by atoms with van der Waals surface area (Å²) in [4.78, 5) is 31.9. The molecule has 0 bridgehead atoms. The van der Waals surface area contributed by atoms with Gasteiger partial charge < -0.3 is 23.8 Å². The van der Waals surface area contributed by atoms with Crippen molar-refractivity contribution in [3.63, 3.8) is 0 Å². The van der Waals surface area contributed by atoms with E-state index in [2.05, 4.69) is 0 Å². The van der Waals surface area contributed by atoms with E-state index in [0.29, 0.717) is 24.4 Å². The molecule has 10 heteroatoms. The van der Waals surface area contributed by atoms with Gasteiger partial charge in [-0.15, -0.1) is 0 Å². The minimum absolute atomic E-state index is 0.00495. The fourth-order valence-electron chi connectivity index (χ4n) is 4.41. The van der Waals surface area contributed by atoms with Crippen molar-refractivity contribution in [2.75, 3.05) is 13.2 Å². The number of aromatic hydroxyl groups is 1. The highest BCUT2D eigenvalue weighted by Crippen LogP contribution is 2.43. The number of hydroxylamine groups is 1. The zero-order chi connectivity index (χ0) is 27.8. The molecule has 1 heterocycles. The van der Waals surface area contributed by atoms with E-state index in [1.807, 2.05) is 39.0 Å². The Bertz CT molecular complexity index is 1230. The second-order valence-corrected chi connectivity index (χ2v) is 9.69. The van der Waals surface area contributed by atoms with Crippen molar-refractivity contribution in [2.24, 2.45) is 0 Å². The van der Waals surface area contributed by atoms with E-state index in [-0.39, 0.29) is 36.4 Å². The van der Waals surface area contributed by atoms with Gasteiger partial charge in [0.2, 0.25) is 0 Å². The highest BCUT2D eigenvalue weighted by molar-refractivity contribution is 7.20. The Morgan fingerprint density at radius 3 is 2.71 bits per heavy atom. The van der Waals surface area contributed by atoms with Gasteiger partial charge in [-0.3, -0.25) is 9.59 Å². The van der Waals surface area contributed by atoms with E-state index < -0.39 is 20.6 Å². The maximum absolute atomic E-state index is 13.1. The molecule has 2 aromatic rings. The number of furan rings is 1. The summed E-state index contributed by atoms with van der Waals surface area (Å²) in [6, 6.07) is 6.29. The van der Waals surface area contributed by atoms with Crippen LogP contribution >= 0.6 is 8.61 Å². The molecule has 1 aliphatic carbocycles. The summed E-state index contributed by atoms with van der Waals surface area (Å²) in [5.74, 6) is -0.643. The molecule has 0 saturated carbocycles. The molecule has 0 spiro atoms. The van der Waals surface area contributed by atoms with Crippen molar-refractivity contribution in [1.29, 1.82) is 0 Å². The minimum Gasteiger partial charge on any atom is -0.480 e.